The zero-order valence-corrected chi connectivity index (χ0v) is 22.2. The van der Waals surface area contributed by atoms with Gasteiger partial charge in [-0.2, -0.15) is 0 Å². The first-order chi connectivity index (χ1) is 21.4. The fraction of sp³-hybridized carbons (Fsp3) is 0.100. The monoisotopic (exact) mass is 650 g/mol. The number of nitro benzene ring substituents is 8. The maximum atomic E-state index is 12.5. The zero-order chi connectivity index (χ0) is 34.9. The van der Waals surface area contributed by atoms with Gasteiger partial charge in [0, 0.05) is 18.2 Å². The van der Waals surface area contributed by atoms with Gasteiger partial charge in [-0.25, -0.2) is 0 Å². The second-order valence-corrected chi connectivity index (χ2v) is 8.26. The lowest BCUT2D eigenvalue weighted by Crippen LogP contribution is -2.08. The molecule has 0 fully saturated rings. The third-order valence-corrected chi connectivity index (χ3v) is 6.04. The molecular weight excluding hydrogens is 640 g/mol. The summed E-state index contributed by atoms with van der Waals surface area (Å²) in [6, 6.07) is 0.848. The molecule has 3 rings (SSSR count). The van der Waals surface area contributed by atoms with Gasteiger partial charge < -0.3 is 9.47 Å². The Kier molecular flexibility index (Phi) is 8.59. The molecule has 0 radical (unpaired) electrons. The van der Waals surface area contributed by atoms with Crippen molar-refractivity contribution in [2.45, 2.75) is 0 Å². The average molecular weight is 650 g/mol. The Hall–Kier alpha value is -7.54. The number of rotatable bonds is 12. The van der Waals surface area contributed by atoms with Crippen LogP contribution in [0.3, 0.4) is 0 Å². The Morgan fingerprint density at radius 3 is 1.15 bits per heavy atom. The predicted molar refractivity (Wildman–Crippen MR) is 144 cm³/mol. The molecular formula is C20H10N8O18. The van der Waals surface area contributed by atoms with E-state index in [9.17, 15) is 80.9 Å². The number of nitro groups is 8. The summed E-state index contributed by atoms with van der Waals surface area (Å²) in [5.41, 5.74) is -18.5. The fourth-order valence-electron chi connectivity index (χ4n) is 4.43. The highest BCUT2D eigenvalue weighted by molar-refractivity contribution is 6.01. The first-order valence-corrected chi connectivity index (χ1v) is 11.3. The second-order valence-electron chi connectivity index (χ2n) is 8.26. The molecule has 46 heavy (non-hydrogen) atoms. The minimum Gasteiger partial charge on any atom is -0.485 e. The average Bonchev–Trinajstić information content (AvgIpc) is 2.96. The van der Waals surface area contributed by atoms with Crippen LogP contribution in [0.2, 0.25) is 0 Å². The number of benzene rings is 3. The Balaban J connectivity index is 2.88. The standard InChI is InChI=1S/C20H10N8O18/c1-45-19-10(21(29)30)4-3-7(15(19)25(37)38)13-14(24(35)36)8(5-11(22(31)32)17(13)27(41)42)9-6-12(23(33)34)18(28(43)44)20(46-2)16(9)26(39)40/h3-6H,1-2H3. The first-order valence-electron chi connectivity index (χ1n) is 11.3. The molecule has 0 heterocycles. The summed E-state index contributed by atoms with van der Waals surface area (Å²) in [5, 5.41) is 95.9. The van der Waals surface area contributed by atoms with Crippen LogP contribution in [0.1, 0.15) is 0 Å². The van der Waals surface area contributed by atoms with E-state index in [0.29, 0.717) is 26.4 Å². The highest BCUT2D eigenvalue weighted by atomic mass is 16.7. The number of methoxy groups -OCH3 is 2. The fourth-order valence-corrected chi connectivity index (χ4v) is 4.43. The summed E-state index contributed by atoms with van der Waals surface area (Å²) < 4.78 is 9.37. The van der Waals surface area contributed by atoms with E-state index in [4.69, 9.17) is 4.74 Å². The predicted octanol–water partition coefficient (Wildman–Crippen LogP) is 4.30. The summed E-state index contributed by atoms with van der Waals surface area (Å²) in [6.45, 7) is 0. The van der Waals surface area contributed by atoms with E-state index in [1.54, 1.807) is 0 Å². The second kappa shape index (κ2) is 12.0. The molecule has 0 aliphatic heterocycles. The molecule has 0 amide bonds. The molecule has 3 aromatic rings. The van der Waals surface area contributed by atoms with E-state index in [2.05, 4.69) is 4.74 Å². The molecule has 0 spiro atoms. The summed E-state index contributed by atoms with van der Waals surface area (Å²) in [5.74, 6) is -2.71. The normalized spacial score (nSPS) is 10.5. The largest absolute Gasteiger partial charge is 0.485 e. The minimum absolute atomic E-state index is 0.00551. The molecule has 26 heteroatoms. The van der Waals surface area contributed by atoms with Gasteiger partial charge in [0.25, 0.3) is 17.2 Å². The molecule has 26 nitrogen and oxygen atoms in total. The Labute approximate surface area is 248 Å². The zero-order valence-electron chi connectivity index (χ0n) is 22.2. The Morgan fingerprint density at radius 2 is 0.783 bits per heavy atom. The molecule has 0 saturated heterocycles. The van der Waals surface area contributed by atoms with Gasteiger partial charge >= 0.3 is 39.8 Å². The molecule has 0 atom stereocenters. The molecule has 0 aliphatic rings. The molecule has 3 aromatic carbocycles. The molecule has 0 N–H and O–H groups in total. The van der Waals surface area contributed by atoms with Gasteiger partial charge in [-0.1, -0.05) is 0 Å². The van der Waals surface area contributed by atoms with Crippen molar-refractivity contribution in [1.82, 2.24) is 0 Å². The highest BCUT2D eigenvalue weighted by Crippen LogP contribution is 2.57. The van der Waals surface area contributed by atoms with Crippen LogP contribution in [0.15, 0.2) is 24.3 Å². The van der Waals surface area contributed by atoms with Crippen molar-refractivity contribution in [1.29, 1.82) is 0 Å². The van der Waals surface area contributed by atoms with E-state index in [1.165, 1.54) is 0 Å². The highest BCUT2D eigenvalue weighted by Gasteiger charge is 2.47. The van der Waals surface area contributed by atoms with Crippen molar-refractivity contribution in [3.05, 3.63) is 105 Å². The van der Waals surface area contributed by atoms with Gasteiger partial charge in [0.1, 0.15) is 0 Å². The van der Waals surface area contributed by atoms with Crippen LogP contribution < -0.4 is 9.47 Å². The van der Waals surface area contributed by atoms with E-state index in [1.807, 2.05) is 0 Å². The quantitative estimate of drug-likeness (QED) is 0.194. The molecule has 0 unspecified atom stereocenters. The lowest BCUT2D eigenvalue weighted by molar-refractivity contribution is -0.425. The van der Waals surface area contributed by atoms with E-state index in [0.717, 1.165) is 0 Å². The lowest BCUT2D eigenvalue weighted by Gasteiger charge is -2.13. The molecule has 238 valence electrons. The topological polar surface area (TPSA) is 364 Å². The summed E-state index contributed by atoms with van der Waals surface area (Å²) in [4.78, 5) is 84.2. The van der Waals surface area contributed by atoms with Crippen LogP contribution in [0.25, 0.3) is 22.3 Å². The van der Waals surface area contributed by atoms with E-state index in [-0.39, 0.29) is 12.1 Å². The number of hydrogen-bond donors (Lipinski definition) is 0. The van der Waals surface area contributed by atoms with Gasteiger partial charge in [-0.05, 0) is 6.07 Å². The third kappa shape index (κ3) is 5.25. The maximum absolute atomic E-state index is 12.5. The number of nitrogens with zero attached hydrogens (tertiary/aromatic N) is 8. The molecule has 0 bridgehead atoms. The van der Waals surface area contributed by atoms with Crippen LogP contribution in [0.4, 0.5) is 45.5 Å². The Morgan fingerprint density at radius 1 is 0.413 bits per heavy atom. The summed E-state index contributed by atoms with van der Waals surface area (Å²) in [7, 11) is 1.25. The number of hydrogen-bond acceptors (Lipinski definition) is 18. The lowest BCUT2D eigenvalue weighted by atomic mass is 9.90. The van der Waals surface area contributed by atoms with Crippen LogP contribution in [-0.2, 0) is 0 Å². The smallest absolute Gasteiger partial charge is 0.394 e. The SMILES string of the molecule is COc1c([N+](=O)[O-])ccc(-c2c([N+](=O)[O-])c(-c3cc([N+](=O)[O-])c([N+](=O)[O-])c(OC)c3[N+](=O)[O-])cc([N+](=O)[O-])c2[N+](=O)[O-])c1[N+](=O)[O-]. The first kappa shape index (κ1) is 33.0. The van der Waals surface area contributed by atoms with Crippen LogP contribution in [0, 0.1) is 80.9 Å². The van der Waals surface area contributed by atoms with Crippen molar-refractivity contribution < 1.29 is 48.9 Å². The van der Waals surface area contributed by atoms with Crippen molar-refractivity contribution in [2.75, 3.05) is 14.2 Å². The van der Waals surface area contributed by atoms with Crippen molar-refractivity contribution >= 4 is 45.5 Å². The van der Waals surface area contributed by atoms with Gasteiger partial charge in [-0.3, -0.25) is 80.9 Å². The molecule has 0 aromatic heterocycles. The van der Waals surface area contributed by atoms with Crippen molar-refractivity contribution in [3.8, 4) is 33.8 Å². The van der Waals surface area contributed by atoms with Gasteiger partial charge in [-0.15, -0.1) is 0 Å². The van der Waals surface area contributed by atoms with Gasteiger partial charge in [0.15, 0.2) is 5.56 Å². The number of ether oxygens (including phenoxy) is 2. The van der Waals surface area contributed by atoms with E-state index >= 15 is 0 Å². The molecule has 0 aliphatic carbocycles. The van der Waals surface area contributed by atoms with Gasteiger partial charge in [0.2, 0.25) is 0 Å². The van der Waals surface area contributed by atoms with E-state index < -0.39 is 119 Å². The minimum atomic E-state index is -1.83. The van der Waals surface area contributed by atoms with Crippen LogP contribution in [0.5, 0.6) is 11.5 Å². The van der Waals surface area contributed by atoms with Gasteiger partial charge in [0.05, 0.1) is 70.3 Å². The summed E-state index contributed by atoms with van der Waals surface area (Å²) in [6.07, 6.45) is 0. The summed E-state index contributed by atoms with van der Waals surface area (Å²) >= 11 is 0. The van der Waals surface area contributed by atoms with Crippen LogP contribution >= 0.6 is 0 Å². The van der Waals surface area contributed by atoms with Crippen molar-refractivity contribution in [2.24, 2.45) is 0 Å². The van der Waals surface area contributed by atoms with Crippen LogP contribution in [-0.4, -0.2) is 53.6 Å². The third-order valence-electron chi connectivity index (χ3n) is 6.04. The Bertz CT molecular complexity index is 1960. The van der Waals surface area contributed by atoms with Crippen molar-refractivity contribution in [3.63, 3.8) is 0 Å². The molecule has 0 saturated carbocycles. The maximum Gasteiger partial charge on any atom is 0.394 e.